The number of ether oxygens (including phenoxy) is 1. The second-order valence-corrected chi connectivity index (χ2v) is 9.48. The summed E-state index contributed by atoms with van der Waals surface area (Å²) in [6.07, 6.45) is 5.18. The predicted octanol–water partition coefficient (Wildman–Crippen LogP) is 7.04. The van der Waals surface area contributed by atoms with Gasteiger partial charge < -0.3 is 9.30 Å². The standard InChI is InChI=1S/C34H32N2O2/c1-2-28(33(37)38-25-27-15-7-3-8-16-27)23-32-24-36(26-35-32)34(29-17-9-4-10-18-29,30-19-11-5-12-20-30)31-21-13-6-14-22-31/h3-22,24,26,28H,2,23,25H2,1H3. The maximum Gasteiger partial charge on any atom is 0.309 e. The van der Waals surface area contributed by atoms with Crippen LogP contribution in [-0.2, 0) is 28.1 Å². The monoisotopic (exact) mass is 500 g/mol. The number of imidazole rings is 1. The lowest BCUT2D eigenvalue weighted by molar-refractivity contribution is -0.150. The van der Waals surface area contributed by atoms with Gasteiger partial charge in [0.1, 0.15) is 12.1 Å². The van der Waals surface area contributed by atoms with E-state index in [-0.39, 0.29) is 18.5 Å². The van der Waals surface area contributed by atoms with Crippen molar-refractivity contribution in [1.82, 2.24) is 9.55 Å². The molecule has 0 aliphatic heterocycles. The quantitative estimate of drug-likeness (QED) is 0.153. The van der Waals surface area contributed by atoms with E-state index in [2.05, 4.69) is 83.6 Å². The zero-order valence-electron chi connectivity index (χ0n) is 21.6. The number of hydrogen-bond acceptors (Lipinski definition) is 3. The number of hydrogen-bond donors (Lipinski definition) is 0. The number of esters is 1. The van der Waals surface area contributed by atoms with Gasteiger partial charge in [-0.05, 0) is 28.7 Å². The van der Waals surface area contributed by atoms with E-state index >= 15 is 0 Å². The van der Waals surface area contributed by atoms with E-state index in [1.807, 2.05) is 61.8 Å². The van der Waals surface area contributed by atoms with Gasteiger partial charge in [-0.25, -0.2) is 4.98 Å². The van der Waals surface area contributed by atoms with Crippen LogP contribution in [0.25, 0.3) is 0 Å². The van der Waals surface area contributed by atoms with Crippen LogP contribution in [0.3, 0.4) is 0 Å². The molecule has 0 aliphatic rings. The fourth-order valence-corrected chi connectivity index (χ4v) is 5.13. The van der Waals surface area contributed by atoms with Crippen molar-refractivity contribution >= 4 is 5.97 Å². The highest BCUT2D eigenvalue weighted by molar-refractivity contribution is 5.72. The Morgan fingerprint density at radius 3 is 1.71 bits per heavy atom. The molecular weight excluding hydrogens is 468 g/mol. The van der Waals surface area contributed by atoms with Crippen LogP contribution in [-0.4, -0.2) is 15.5 Å². The molecule has 1 unspecified atom stereocenters. The average Bonchev–Trinajstić information content (AvgIpc) is 3.46. The Hall–Kier alpha value is -4.44. The normalized spacial score (nSPS) is 12.1. The van der Waals surface area contributed by atoms with Gasteiger partial charge in [0.25, 0.3) is 0 Å². The molecule has 4 aromatic carbocycles. The molecule has 0 saturated carbocycles. The third-order valence-electron chi connectivity index (χ3n) is 7.10. The van der Waals surface area contributed by atoms with E-state index in [4.69, 9.17) is 9.72 Å². The molecule has 190 valence electrons. The fraction of sp³-hybridized carbons (Fsp3) is 0.176. The summed E-state index contributed by atoms with van der Waals surface area (Å²) in [4.78, 5) is 17.8. The molecular formula is C34H32N2O2. The zero-order chi connectivity index (χ0) is 26.2. The third-order valence-corrected chi connectivity index (χ3v) is 7.10. The summed E-state index contributed by atoms with van der Waals surface area (Å²) in [5, 5.41) is 0. The molecule has 4 heteroatoms. The number of nitrogens with zero attached hydrogens (tertiary/aromatic N) is 2. The van der Waals surface area contributed by atoms with Gasteiger partial charge in [-0.15, -0.1) is 0 Å². The lowest BCUT2D eigenvalue weighted by Gasteiger charge is -2.37. The number of rotatable bonds is 10. The number of carbonyl (C=O) groups is 1. The topological polar surface area (TPSA) is 44.1 Å². The number of benzene rings is 4. The lowest BCUT2D eigenvalue weighted by Crippen LogP contribution is -2.37. The zero-order valence-corrected chi connectivity index (χ0v) is 21.6. The van der Waals surface area contributed by atoms with Gasteiger partial charge in [0.05, 0.1) is 17.9 Å². The van der Waals surface area contributed by atoms with Crippen molar-refractivity contribution in [1.29, 1.82) is 0 Å². The van der Waals surface area contributed by atoms with Crippen LogP contribution in [0.4, 0.5) is 0 Å². The van der Waals surface area contributed by atoms with Gasteiger partial charge in [0.2, 0.25) is 0 Å². The first kappa shape index (κ1) is 25.2. The minimum absolute atomic E-state index is 0.189. The molecule has 0 amide bonds. The first-order valence-corrected chi connectivity index (χ1v) is 13.1. The van der Waals surface area contributed by atoms with E-state index in [0.717, 1.165) is 27.9 Å². The first-order valence-electron chi connectivity index (χ1n) is 13.1. The molecule has 0 spiro atoms. The summed E-state index contributed by atoms with van der Waals surface area (Å²) in [7, 11) is 0. The van der Waals surface area contributed by atoms with Crippen LogP contribution < -0.4 is 0 Å². The average molecular weight is 501 g/mol. The summed E-state index contributed by atoms with van der Waals surface area (Å²) < 4.78 is 7.85. The Morgan fingerprint density at radius 1 is 0.763 bits per heavy atom. The largest absolute Gasteiger partial charge is 0.461 e. The summed E-state index contributed by atoms with van der Waals surface area (Å²) in [6.45, 7) is 2.30. The second kappa shape index (κ2) is 11.7. The smallest absolute Gasteiger partial charge is 0.309 e. The molecule has 1 atom stereocenters. The Bertz CT molecular complexity index is 1330. The highest BCUT2D eigenvalue weighted by Gasteiger charge is 2.38. The SMILES string of the molecule is CCC(Cc1cn(C(c2ccccc2)(c2ccccc2)c2ccccc2)cn1)C(=O)OCc1ccccc1. The molecule has 0 fully saturated rings. The van der Waals surface area contributed by atoms with E-state index < -0.39 is 5.54 Å². The van der Waals surface area contributed by atoms with Crippen molar-refractivity contribution in [2.24, 2.45) is 5.92 Å². The van der Waals surface area contributed by atoms with Gasteiger partial charge in [-0.3, -0.25) is 4.79 Å². The van der Waals surface area contributed by atoms with E-state index in [1.165, 1.54) is 0 Å². The van der Waals surface area contributed by atoms with Crippen molar-refractivity contribution < 1.29 is 9.53 Å². The summed E-state index contributed by atoms with van der Waals surface area (Å²) >= 11 is 0. The Morgan fingerprint density at radius 2 is 1.24 bits per heavy atom. The van der Waals surface area contributed by atoms with Crippen LogP contribution in [0.15, 0.2) is 134 Å². The molecule has 0 aliphatic carbocycles. The molecule has 0 saturated heterocycles. The minimum atomic E-state index is -0.620. The maximum atomic E-state index is 13.0. The van der Waals surface area contributed by atoms with Gasteiger partial charge in [-0.2, -0.15) is 0 Å². The van der Waals surface area contributed by atoms with Crippen LogP contribution in [0.1, 0.15) is 41.3 Å². The molecule has 0 bridgehead atoms. The molecule has 0 radical (unpaired) electrons. The number of aromatic nitrogens is 2. The number of carbonyl (C=O) groups excluding carboxylic acids is 1. The molecule has 5 rings (SSSR count). The third kappa shape index (κ3) is 5.16. The van der Waals surface area contributed by atoms with Gasteiger partial charge >= 0.3 is 5.97 Å². The molecule has 4 nitrogen and oxygen atoms in total. The van der Waals surface area contributed by atoms with Gasteiger partial charge in [0, 0.05) is 12.6 Å². The van der Waals surface area contributed by atoms with Crippen LogP contribution >= 0.6 is 0 Å². The van der Waals surface area contributed by atoms with E-state index in [9.17, 15) is 4.79 Å². The van der Waals surface area contributed by atoms with Crippen molar-refractivity contribution in [3.8, 4) is 0 Å². The molecule has 0 N–H and O–H groups in total. The minimum Gasteiger partial charge on any atom is -0.461 e. The van der Waals surface area contributed by atoms with Crippen molar-refractivity contribution in [3.63, 3.8) is 0 Å². The Labute approximate surface area is 224 Å². The summed E-state index contributed by atoms with van der Waals surface area (Å²) in [5.41, 5.74) is 4.63. The van der Waals surface area contributed by atoms with Gasteiger partial charge in [0.15, 0.2) is 0 Å². The predicted molar refractivity (Wildman–Crippen MR) is 151 cm³/mol. The Balaban J connectivity index is 1.50. The lowest BCUT2D eigenvalue weighted by atomic mass is 9.77. The highest BCUT2D eigenvalue weighted by Crippen LogP contribution is 2.40. The van der Waals surface area contributed by atoms with Crippen LogP contribution in [0, 0.1) is 5.92 Å². The molecule has 1 aromatic heterocycles. The van der Waals surface area contributed by atoms with Crippen molar-refractivity contribution in [2.45, 2.75) is 31.9 Å². The first-order chi connectivity index (χ1) is 18.7. The van der Waals surface area contributed by atoms with E-state index in [1.54, 1.807) is 0 Å². The second-order valence-electron chi connectivity index (χ2n) is 9.48. The fourth-order valence-electron chi connectivity index (χ4n) is 5.13. The Kier molecular flexibility index (Phi) is 7.79. The van der Waals surface area contributed by atoms with Crippen molar-refractivity contribution in [2.75, 3.05) is 0 Å². The van der Waals surface area contributed by atoms with Gasteiger partial charge in [-0.1, -0.05) is 128 Å². The molecule has 1 heterocycles. The van der Waals surface area contributed by atoms with Crippen LogP contribution in [0.2, 0.25) is 0 Å². The van der Waals surface area contributed by atoms with Crippen LogP contribution in [0.5, 0.6) is 0 Å². The summed E-state index contributed by atoms with van der Waals surface area (Å²) in [6, 6.07) is 41.3. The maximum absolute atomic E-state index is 13.0. The van der Waals surface area contributed by atoms with Crippen molar-refractivity contribution in [3.05, 3.63) is 162 Å². The summed E-state index contributed by atoms with van der Waals surface area (Å²) in [5.74, 6) is -0.451. The molecule has 5 aromatic rings. The molecule has 38 heavy (non-hydrogen) atoms. The van der Waals surface area contributed by atoms with E-state index in [0.29, 0.717) is 12.8 Å². The highest BCUT2D eigenvalue weighted by atomic mass is 16.5.